The van der Waals surface area contributed by atoms with E-state index in [-0.39, 0.29) is 5.41 Å². The summed E-state index contributed by atoms with van der Waals surface area (Å²) in [7, 11) is 0. The molecule has 1 aromatic heterocycles. The number of nitrogens with zero attached hydrogens (tertiary/aromatic N) is 1. The fourth-order valence-electron chi connectivity index (χ4n) is 10.5. The van der Waals surface area contributed by atoms with Crippen molar-refractivity contribution in [3.63, 3.8) is 0 Å². The molecule has 0 unspecified atom stereocenters. The van der Waals surface area contributed by atoms with E-state index in [4.69, 9.17) is 0 Å². The molecule has 0 N–H and O–H groups in total. The van der Waals surface area contributed by atoms with Crippen LogP contribution in [0.2, 0.25) is 0 Å². The van der Waals surface area contributed by atoms with E-state index in [9.17, 15) is 4.79 Å². The average Bonchev–Trinajstić information content (AvgIpc) is 3.23. The second kappa shape index (κ2) is 10.6. The predicted molar refractivity (Wildman–Crippen MR) is 155 cm³/mol. The van der Waals surface area contributed by atoms with Crippen molar-refractivity contribution in [2.24, 2.45) is 58.2 Å². The molecule has 5 rings (SSSR count). The van der Waals surface area contributed by atoms with E-state index >= 15 is 0 Å². The van der Waals surface area contributed by atoms with Gasteiger partial charge in [-0.25, -0.2) is 0 Å². The van der Waals surface area contributed by atoms with Crippen molar-refractivity contribution in [3.05, 3.63) is 35.7 Å². The highest BCUT2D eigenvalue weighted by atomic mass is 16.1. The van der Waals surface area contributed by atoms with Crippen LogP contribution in [-0.2, 0) is 4.79 Å². The van der Waals surface area contributed by atoms with Crippen LogP contribution in [0.3, 0.4) is 0 Å². The number of aromatic nitrogens is 1. The Labute approximate surface area is 227 Å². The van der Waals surface area contributed by atoms with Gasteiger partial charge in [0, 0.05) is 18.8 Å². The van der Waals surface area contributed by atoms with Gasteiger partial charge in [0.05, 0.1) is 0 Å². The molecule has 0 bridgehead atoms. The summed E-state index contributed by atoms with van der Waals surface area (Å²) in [5.74, 6) is 6.98. The molecule has 9 atom stereocenters. The molecule has 4 fully saturated rings. The number of carbonyl (C=O) groups is 1. The van der Waals surface area contributed by atoms with Crippen LogP contribution in [-0.4, -0.2) is 10.8 Å². The molecule has 2 heteroatoms. The Hall–Kier alpha value is -1.44. The van der Waals surface area contributed by atoms with Crippen molar-refractivity contribution in [1.29, 1.82) is 0 Å². The molecule has 4 saturated carbocycles. The Bertz CT molecular complexity index is 980. The van der Waals surface area contributed by atoms with Crippen molar-refractivity contribution in [3.8, 4) is 0 Å². The van der Waals surface area contributed by atoms with Crippen LogP contribution in [0.4, 0.5) is 0 Å². The summed E-state index contributed by atoms with van der Waals surface area (Å²) in [6.07, 6.45) is 20.1. The fraction of sp³-hybridized carbons (Fsp3) is 0.771. The van der Waals surface area contributed by atoms with Gasteiger partial charge in [-0.2, -0.15) is 0 Å². The minimum absolute atomic E-state index is 0.279. The number of ketones is 1. The highest BCUT2D eigenvalue weighted by molar-refractivity contribution is 6.00. The topological polar surface area (TPSA) is 30.0 Å². The van der Waals surface area contributed by atoms with Gasteiger partial charge in [0.1, 0.15) is 0 Å². The summed E-state index contributed by atoms with van der Waals surface area (Å²) in [5.41, 5.74) is 2.95. The highest BCUT2D eigenvalue weighted by Gasteiger charge is 2.61. The average molecular weight is 504 g/mol. The SMILES string of the molecule is CC[C@H](CC[C@@H](C)[C@H]1CC[C@H]2[C@@H]3CC[C@@H]4CC(=O)/C(=C\c5cccnc5)C[C@]4(C)[C@H]3CC[C@]12C)C(C)C. The lowest BCUT2D eigenvalue weighted by atomic mass is 9.44. The summed E-state index contributed by atoms with van der Waals surface area (Å²) >= 11 is 0. The summed E-state index contributed by atoms with van der Waals surface area (Å²) < 4.78 is 0. The van der Waals surface area contributed by atoms with Crippen LogP contribution in [0.15, 0.2) is 30.1 Å². The zero-order valence-corrected chi connectivity index (χ0v) is 24.6. The molecule has 0 aromatic carbocycles. The van der Waals surface area contributed by atoms with Crippen molar-refractivity contribution in [2.45, 2.75) is 112 Å². The number of carbonyl (C=O) groups excluding carboxylic acids is 1. The Morgan fingerprint density at radius 2 is 1.81 bits per heavy atom. The van der Waals surface area contributed by atoms with Crippen LogP contribution in [0.25, 0.3) is 6.08 Å². The van der Waals surface area contributed by atoms with Crippen LogP contribution in [0.5, 0.6) is 0 Å². The van der Waals surface area contributed by atoms with Crippen LogP contribution in [0, 0.1) is 58.2 Å². The third kappa shape index (κ3) is 4.89. The fourth-order valence-corrected chi connectivity index (χ4v) is 10.5. The molecule has 0 radical (unpaired) electrons. The van der Waals surface area contributed by atoms with E-state index in [1.165, 1.54) is 57.8 Å². The van der Waals surface area contributed by atoms with Crippen molar-refractivity contribution in [1.82, 2.24) is 4.98 Å². The molecule has 37 heavy (non-hydrogen) atoms. The molecule has 2 nitrogen and oxygen atoms in total. The van der Waals surface area contributed by atoms with Crippen LogP contribution < -0.4 is 0 Å². The molecule has 204 valence electrons. The summed E-state index contributed by atoms with van der Waals surface area (Å²) in [5, 5.41) is 0. The van der Waals surface area contributed by atoms with E-state index < -0.39 is 0 Å². The van der Waals surface area contributed by atoms with Gasteiger partial charge in [0.15, 0.2) is 5.78 Å². The van der Waals surface area contributed by atoms with Crippen LogP contribution >= 0.6 is 0 Å². The Balaban J connectivity index is 1.32. The van der Waals surface area contributed by atoms with Gasteiger partial charge in [0.2, 0.25) is 0 Å². The van der Waals surface area contributed by atoms with Gasteiger partial charge in [-0.3, -0.25) is 9.78 Å². The number of Topliss-reactive ketones (excluding diaryl/α,β-unsaturated/α-hetero) is 1. The summed E-state index contributed by atoms with van der Waals surface area (Å²) in [4.78, 5) is 17.5. The van der Waals surface area contributed by atoms with Gasteiger partial charge in [-0.15, -0.1) is 0 Å². The summed E-state index contributed by atoms with van der Waals surface area (Å²) in [6, 6.07) is 4.06. The maximum absolute atomic E-state index is 13.2. The smallest absolute Gasteiger partial charge is 0.159 e. The molecule has 0 aliphatic heterocycles. The Morgan fingerprint density at radius 3 is 2.51 bits per heavy atom. The van der Waals surface area contributed by atoms with E-state index in [1.807, 2.05) is 18.5 Å². The zero-order chi connectivity index (χ0) is 26.4. The van der Waals surface area contributed by atoms with Crippen molar-refractivity contribution < 1.29 is 4.79 Å². The lowest BCUT2D eigenvalue weighted by molar-refractivity contribution is -0.133. The molecule has 4 aliphatic rings. The van der Waals surface area contributed by atoms with E-state index in [0.29, 0.717) is 17.1 Å². The lowest BCUT2D eigenvalue weighted by Gasteiger charge is -2.60. The standard InChI is InChI=1S/C35H53NO/c1-7-26(23(2)3)11-10-24(4)30-14-15-31-29-13-12-28-20-33(37)27(19-25-9-8-18-36-22-25)21-35(28,6)32(29)16-17-34(30,31)5/h8-9,18-19,22-24,26,28-32H,7,10-17,20-21H2,1-6H3/b27-19-/t24-,26-,28-,29+,30-,31+,32+,34-,35+/m1/s1. The van der Waals surface area contributed by atoms with E-state index in [0.717, 1.165) is 65.4 Å². The molecule has 1 aromatic rings. The second-order valence-electron chi connectivity index (χ2n) is 14.6. The van der Waals surface area contributed by atoms with Gasteiger partial charge >= 0.3 is 0 Å². The summed E-state index contributed by atoms with van der Waals surface area (Å²) in [6.45, 7) is 15.1. The molecular formula is C35H53NO. The number of fused-ring (bicyclic) bond motifs is 5. The quantitative estimate of drug-likeness (QED) is 0.347. The number of hydrogen-bond acceptors (Lipinski definition) is 2. The van der Waals surface area contributed by atoms with E-state index in [1.54, 1.807) is 0 Å². The van der Waals surface area contributed by atoms with Gasteiger partial charge < -0.3 is 0 Å². The molecule has 0 saturated heterocycles. The first-order valence-electron chi connectivity index (χ1n) is 15.8. The lowest BCUT2D eigenvalue weighted by Crippen LogP contribution is -2.54. The highest BCUT2D eigenvalue weighted by Crippen LogP contribution is 2.68. The van der Waals surface area contributed by atoms with Gasteiger partial charge in [-0.1, -0.05) is 60.5 Å². The minimum Gasteiger partial charge on any atom is -0.295 e. The van der Waals surface area contributed by atoms with Gasteiger partial charge in [0.25, 0.3) is 0 Å². The first-order valence-corrected chi connectivity index (χ1v) is 15.8. The largest absolute Gasteiger partial charge is 0.295 e. The number of hydrogen-bond donors (Lipinski definition) is 0. The third-order valence-electron chi connectivity index (χ3n) is 12.7. The maximum Gasteiger partial charge on any atom is 0.159 e. The minimum atomic E-state index is 0.279. The first kappa shape index (κ1) is 27.1. The van der Waals surface area contributed by atoms with E-state index in [2.05, 4.69) is 58.7 Å². The molecular weight excluding hydrogens is 450 g/mol. The van der Waals surface area contributed by atoms with Crippen LogP contribution in [0.1, 0.15) is 118 Å². The Kier molecular flexibility index (Phi) is 7.78. The monoisotopic (exact) mass is 503 g/mol. The predicted octanol–water partition coefficient (Wildman–Crippen LogP) is 9.40. The number of allylic oxidation sites excluding steroid dienone is 1. The van der Waals surface area contributed by atoms with Crippen molar-refractivity contribution >= 4 is 11.9 Å². The Morgan fingerprint density at radius 1 is 1.03 bits per heavy atom. The van der Waals surface area contributed by atoms with Gasteiger partial charge in [-0.05, 0) is 133 Å². The number of pyridine rings is 1. The maximum atomic E-state index is 13.2. The molecule has 1 heterocycles. The van der Waals surface area contributed by atoms with Crippen molar-refractivity contribution in [2.75, 3.05) is 0 Å². The third-order valence-corrected chi connectivity index (χ3v) is 12.7. The second-order valence-corrected chi connectivity index (χ2v) is 14.6. The molecule has 0 amide bonds. The molecule has 0 spiro atoms. The number of rotatable bonds is 7. The zero-order valence-electron chi connectivity index (χ0n) is 24.6. The normalized spacial score (nSPS) is 40.2. The first-order chi connectivity index (χ1) is 17.7. The molecule has 4 aliphatic carbocycles.